The first kappa shape index (κ1) is 16.5. The first-order valence-electron chi connectivity index (χ1n) is 6.23. The van der Waals surface area contributed by atoms with E-state index in [1.807, 2.05) is 6.92 Å². The third-order valence-electron chi connectivity index (χ3n) is 3.39. The second kappa shape index (κ2) is 6.26. The number of likely N-dealkylation sites (N-methyl/N-ethyl adjacent to an activating group) is 1. The molecule has 0 saturated carbocycles. The highest BCUT2D eigenvalue weighted by atomic mass is 19.4. The first-order chi connectivity index (χ1) is 9.12. The molecule has 0 radical (unpaired) electrons. The Balaban J connectivity index is 2.73. The van der Waals surface area contributed by atoms with Crippen LogP contribution in [0.25, 0.3) is 0 Å². The maximum Gasteiger partial charge on any atom is 0.416 e. The van der Waals surface area contributed by atoms with Crippen molar-refractivity contribution in [3.63, 3.8) is 0 Å². The van der Waals surface area contributed by atoms with Gasteiger partial charge in [-0.3, -0.25) is 9.69 Å². The van der Waals surface area contributed by atoms with Crippen LogP contribution in [0.3, 0.4) is 0 Å². The van der Waals surface area contributed by atoms with Crippen molar-refractivity contribution < 1.29 is 23.1 Å². The van der Waals surface area contributed by atoms with Gasteiger partial charge in [-0.15, -0.1) is 0 Å². The molecule has 0 spiro atoms. The average Bonchev–Trinajstić information content (AvgIpc) is 2.36. The molecule has 0 amide bonds. The summed E-state index contributed by atoms with van der Waals surface area (Å²) >= 11 is 0. The van der Waals surface area contributed by atoms with Crippen LogP contribution in [0.1, 0.15) is 30.9 Å². The summed E-state index contributed by atoms with van der Waals surface area (Å²) in [4.78, 5) is 12.5. The zero-order chi connectivity index (χ0) is 15.5. The molecule has 20 heavy (non-hydrogen) atoms. The molecule has 0 bridgehead atoms. The Morgan fingerprint density at radius 1 is 1.25 bits per heavy atom. The summed E-state index contributed by atoms with van der Waals surface area (Å²) in [5.41, 5.74) is 0.0724. The van der Waals surface area contributed by atoms with Crippen molar-refractivity contribution in [2.45, 2.75) is 32.0 Å². The van der Waals surface area contributed by atoms with Gasteiger partial charge in [-0.05, 0) is 37.6 Å². The van der Waals surface area contributed by atoms with Crippen LogP contribution in [-0.2, 0) is 11.0 Å². The Labute approximate surface area is 116 Å². The third-order valence-corrected chi connectivity index (χ3v) is 3.39. The van der Waals surface area contributed by atoms with Gasteiger partial charge in [0.05, 0.1) is 5.56 Å². The van der Waals surface area contributed by atoms with Crippen LogP contribution < -0.4 is 0 Å². The van der Waals surface area contributed by atoms with E-state index in [1.54, 1.807) is 18.9 Å². The second-order valence-corrected chi connectivity index (χ2v) is 4.97. The summed E-state index contributed by atoms with van der Waals surface area (Å²) in [6, 6.07) is 4.34. The number of aliphatic carboxylic acids is 1. The minimum atomic E-state index is -4.34. The molecule has 1 aromatic rings. The number of hydrogen-bond donors (Lipinski definition) is 1. The van der Waals surface area contributed by atoms with E-state index in [4.69, 9.17) is 5.11 Å². The largest absolute Gasteiger partial charge is 0.480 e. The quantitative estimate of drug-likeness (QED) is 0.905. The summed E-state index contributed by atoms with van der Waals surface area (Å²) in [6.45, 7) is 3.88. The van der Waals surface area contributed by atoms with Crippen molar-refractivity contribution in [1.29, 1.82) is 0 Å². The maximum atomic E-state index is 12.5. The lowest BCUT2D eigenvalue weighted by Crippen LogP contribution is -2.37. The highest BCUT2D eigenvalue weighted by Gasteiger charge is 2.30. The third kappa shape index (κ3) is 4.23. The van der Waals surface area contributed by atoms with Crippen LogP contribution in [0.5, 0.6) is 0 Å². The van der Waals surface area contributed by atoms with Gasteiger partial charge in [-0.25, -0.2) is 0 Å². The molecule has 0 saturated heterocycles. The zero-order valence-corrected chi connectivity index (χ0v) is 11.6. The normalized spacial score (nSPS) is 15.2. The Morgan fingerprint density at radius 3 is 2.15 bits per heavy atom. The molecule has 0 aliphatic heterocycles. The molecular formula is C14H18F3NO2. The fourth-order valence-electron chi connectivity index (χ4n) is 1.88. The number of halogens is 3. The van der Waals surface area contributed by atoms with Crippen molar-refractivity contribution in [2.24, 2.45) is 0 Å². The summed E-state index contributed by atoms with van der Waals surface area (Å²) < 4.78 is 37.4. The smallest absolute Gasteiger partial charge is 0.416 e. The van der Waals surface area contributed by atoms with Gasteiger partial charge >= 0.3 is 12.1 Å². The number of carbonyl (C=O) groups is 1. The van der Waals surface area contributed by atoms with Gasteiger partial charge in [0.25, 0.3) is 0 Å². The molecule has 112 valence electrons. The Morgan fingerprint density at radius 2 is 1.75 bits per heavy atom. The van der Waals surface area contributed by atoms with E-state index in [0.29, 0.717) is 6.54 Å². The lowest BCUT2D eigenvalue weighted by atomic mass is 9.99. The van der Waals surface area contributed by atoms with Crippen LogP contribution in [0, 0.1) is 0 Å². The topological polar surface area (TPSA) is 40.5 Å². The fourth-order valence-corrected chi connectivity index (χ4v) is 1.88. The Hall–Kier alpha value is -1.56. The van der Waals surface area contributed by atoms with Gasteiger partial charge in [-0.1, -0.05) is 19.1 Å². The SMILES string of the molecule is CC(CN(C)C(C)C(=O)O)c1ccc(C(F)(F)F)cc1. The second-order valence-electron chi connectivity index (χ2n) is 4.97. The number of hydrogen-bond acceptors (Lipinski definition) is 2. The van der Waals surface area contributed by atoms with Crippen molar-refractivity contribution in [2.75, 3.05) is 13.6 Å². The molecule has 1 aromatic carbocycles. The molecule has 0 aliphatic carbocycles. The highest BCUT2D eigenvalue weighted by molar-refractivity contribution is 5.72. The Bertz CT molecular complexity index is 456. The van der Waals surface area contributed by atoms with Gasteiger partial charge < -0.3 is 5.11 Å². The molecule has 0 aromatic heterocycles. The van der Waals surface area contributed by atoms with E-state index in [-0.39, 0.29) is 5.92 Å². The maximum absolute atomic E-state index is 12.5. The molecule has 6 heteroatoms. The van der Waals surface area contributed by atoms with E-state index in [9.17, 15) is 18.0 Å². The first-order valence-corrected chi connectivity index (χ1v) is 6.23. The summed E-state index contributed by atoms with van der Waals surface area (Å²) in [6.07, 6.45) is -4.34. The fraction of sp³-hybridized carbons (Fsp3) is 0.500. The molecule has 1 N–H and O–H groups in total. The summed E-state index contributed by atoms with van der Waals surface area (Å²) in [5.74, 6) is -0.976. The molecule has 2 atom stereocenters. The molecule has 1 rings (SSSR count). The van der Waals surface area contributed by atoms with Crippen LogP contribution in [0.15, 0.2) is 24.3 Å². The minimum Gasteiger partial charge on any atom is -0.480 e. The lowest BCUT2D eigenvalue weighted by molar-refractivity contribution is -0.142. The van der Waals surface area contributed by atoms with E-state index in [0.717, 1.165) is 17.7 Å². The van der Waals surface area contributed by atoms with E-state index >= 15 is 0 Å². The van der Waals surface area contributed by atoms with Crippen LogP contribution in [-0.4, -0.2) is 35.6 Å². The molecule has 2 unspecified atom stereocenters. The zero-order valence-electron chi connectivity index (χ0n) is 11.6. The van der Waals surface area contributed by atoms with Crippen molar-refractivity contribution >= 4 is 5.97 Å². The molecule has 0 fully saturated rings. The van der Waals surface area contributed by atoms with Crippen molar-refractivity contribution in [3.05, 3.63) is 35.4 Å². The Kier molecular flexibility index (Phi) is 5.16. The van der Waals surface area contributed by atoms with Gasteiger partial charge in [0, 0.05) is 6.54 Å². The minimum absolute atomic E-state index is 0.0518. The predicted molar refractivity (Wildman–Crippen MR) is 69.6 cm³/mol. The molecular weight excluding hydrogens is 271 g/mol. The predicted octanol–water partition coefficient (Wildman–Crippen LogP) is 3.21. The number of carboxylic acids is 1. The lowest BCUT2D eigenvalue weighted by Gasteiger charge is -2.25. The summed E-state index contributed by atoms with van der Waals surface area (Å²) in [5, 5.41) is 8.90. The van der Waals surface area contributed by atoms with Gasteiger partial charge in [-0.2, -0.15) is 13.2 Å². The number of alkyl halides is 3. The van der Waals surface area contributed by atoms with E-state index < -0.39 is 23.8 Å². The summed E-state index contributed by atoms with van der Waals surface area (Å²) in [7, 11) is 1.68. The monoisotopic (exact) mass is 289 g/mol. The van der Waals surface area contributed by atoms with Crippen molar-refractivity contribution in [1.82, 2.24) is 4.90 Å². The number of carboxylic acid groups (broad SMARTS) is 1. The van der Waals surface area contributed by atoms with Crippen LogP contribution in [0.4, 0.5) is 13.2 Å². The highest BCUT2D eigenvalue weighted by Crippen LogP contribution is 2.30. The van der Waals surface area contributed by atoms with Gasteiger partial charge in [0.15, 0.2) is 0 Å². The van der Waals surface area contributed by atoms with Gasteiger partial charge in [0.2, 0.25) is 0 Å². The number of nitrogens with zero attached hydrogens (tertiary/aromatic N) is 1. The van der Waals surface area contributed by atoms with E-state index in [1.165, 1.54) is 12.1 Å². The van der Waals surface area contributed by atoms with E-state index in [2.05, 4.69) is 0 Å². The van der Waals surface area contributed by atoms with Crippen LogP contribution >= 0.6 is 0 Å². The van der Waals surface area contributed by atoms with Crippen LogP contribution in [0.2, 0.25) is 0 Å². The van der Waals surface area contributed by atoms with Crippen molar-refractivity contribution in [3.8, 4) is 0 Å². The number of benzene rings is 1. The average molecular weight is 289 g/mol. The molecule has 0 aliphatic rings. The standard InChI is InChI=1S/C14H18F3NO2/c1-9(8-18(3)10(2)13(19)20)11-4-6-12(7-5-11)14(15,16)17/h4-7,9-10H,8H2,1-3H3,(H,19,20). The van der Waals surface area contributed by atoms with Gasteiger partial charge in [0.1, 0.15) is 6.04 Å². The number of rotatable bonds is 5. The molecule has 0 heterocycles. The molecule has 3 nitrogen and oxygen atoms in total.